The van der Waals surface area contributed by atoms with Crippen molar-refractivity contribution < 1.29 is 10.2 Å². The molecule has 18 heavy (non-hydrogen) atoms. The van der Waals surface area contributed by atoms with Crippen LogP contribution in [-0.2, 0) is 0 Å². The summed E-state index contributed by atoms with van der Waals surface area (Å²) in [7, 11) is 0. The van der Waals surface area contributed by atoms with Gasteiger partial charge in [0.1, 0.15) is 17.8 Å². The fraction of sp³-hybridized carbons (Fsp3) is 0.667. The van der Waals surface area contributed by atoms with Gasteiger partial charge in [-0.3, -0.25) is 0 Å². The Labute approximate surface area is 108 Å². The maximum absolute atomic E-state index is 8.99. The first kappa shape index (κ1) is 14.8. The van der Waals surface area contributed by atoms with E-state index in [2.05, 4.69) is 34.0 Å². The van der Waals surface area contributed by atoms with E-state index in [1.54, 1.807) is 6.07 Å². The highest BCUT2D eigenvalue weighted by Gasteiger charge is 2.05. The lowest BCUT2D eigenvalue weighted by atomic mass is 10.3. The van der Waals surface area contributed by atoms with Gasteiger partial charge in [-0.2, -0.15) is 0 Å². The number of aliphatic hydroxyl groups is 2. The second-order valence-electron chi connectivity index (χ2n) is 4.01. The first-order chi connectivity index (χ1) is 8.67. The number of nitrogens with one attached hydrogen (secondary N) is 1. The third kappa shape index (κ3) is 4.95. The van der Waals surface area contributed by atoms with Crippen molar-refractivity contribution in [3.8, 4) is 0 Å². The molecule has 0 saturated carbocycles. The molecular formula is C12H22N4O2. The lowest BCUT2D eigenvalue weighted by molar-refractivity contribution is -0.0458. The highest BCUT2D eigenvalue weighted by Crippen LogP contribution is 2.09. The summed E-state index contributed by atoms with van der Waals surface area (Å²) in [6, 6.07) is 1.54. The van der Waals surface area contributed by atoms with Crippen LogP contribution in [-0.4, -0.2) is 51.3 Å². The topological polar surface area (TPSA) is 81.5 Å². The Bertz CT molecular complexity index is 343. The number of hydrogen-bond acceptors (Lipinski definition) is 6. The largest absolute Gasteiger partial charge is 0.370 e. The molecule has 1 heterocycles. The quantitative estimate of drug-likeness (QED) is 0.465. The van der Waals surface area contributed by atoms with Crippen molar-refractivity contribution in [2.45, 2.75) is 26.6 Å². The molecule has 0 amide bonds. The molecule has 0 unspecified atom stereocenters. The van der Waals surface area contributed by atoms with E-state index >= 15 is 0 Å². The summed E-state index contributed by atoms with van der Waals surface area (Å²) in [4.78, 5) is 10.1. The van der Waals surface area contributed by atoms with Crippen molar-refractivity contribution in [2.24, 2.45) is 0 Å². The minimum absolute atomic E-state index is 0.205. The van der Waals surface area contributed by atoms with Gasteiger partial charge in [-0.15, -0.1) is 0 Å². The Balaban J connectivity index is 2.33. The molecular weight excluding hydrogens is 232 g/mol. The average Bonchev–Trinajstić information content (AvgIpc) is 2.39. The van der Waals surface area contributed by atoms with E-state index < -0.39 is 6.29 Å². The van der Waals surface area contributed by atoms with Crippen LogP contribution < -0.4 is 5.32 Å². The lowest BCUT2D eigenvalue weighted by Crippen LogP contribution is -2.25. The molecule has 0 saturated heterocycles. The van der Waals surface area contributed by atoms with Crippen molar-refractivity contribution in [2.75, 3.05) is 31.5 Å². The van der Waals surface area contributed by atoms with Crippen LogP contribution in [0.2, 0.25) is 0 Å². The zero-order chi connectivity index (χ0) is 13.4. The molecule has 0 aliphatic rings. The summed E-state index contributed by atoms with van der Waals surface area (Å²) in [5.74, 6) is 0.618. The second kappa shape index (κ2) is 7.97. The molecule has 1 aromatic heterocycles. The monoisotopic (exact) mass is 254 g/mol. The molecule has 6 heteroatoms. The Morgan fingerprint density at radius 3 is 2.61 bits per heavy atom. The van der Waals surface area contributed by atoms with Gasteiger partial charge < -0.3 is 20.4 Å². The van der Waals surface area contributed by atoms with Crippen molar-refractivity contribution in [3.63, 3.8) is 0 Å². The molecule has 0 aliphatic heterocycles. The molecule has 0 aliphatic carbocycles. The molecule has 0 bridgehead atoms. The Morgan fingerprint density at radius 2 is 2.00 bits per heavy atom. The average molecular weight is 254 g/mol. The van der Waals surface area contributed by atoms with Crippen LogP contribution in [0.25, 0.3) is 0 Å². The predicted molar refractivity (Wildman–Crippen MR) is 70.1 cm³/mol. The Hall–Kier alpha value is -1.24. The minimum atomic E-state index is -1.55. The van der Waals surface area contributed by atoms with Crippen LogP contribution in [0.15, 0.2) is 12.4 Å². The van der Waals surface area contributed by atoms with E-state index in [1.807, 2.05) is 0 Å². The van der Waals surface area contributed by atoms with Gasteiger partial charge in [-0.25, -0.2) is 9.97 Å². The summed E-state index contributed by atoms with van der Waals surface area (Å²) in [6.07, 6.45) is 0.786. The number of anilines is 1. The summed E-state index contributed by atoms with van der Waals surface area (Å²) < 4.78 is 0. The van der Waals surface area contributed by atoms with Crippen LogP contribution in [0.5, 0.6) is 0 Å². The van der Waals surface area contributed by atoms with E-state index in [1.165, 1.54) is 6.33 Å². The fourth-order valence-corrected chi connectivity index (χ4v) is 1.67. The first-order valence-corrected chi connectivity index (χ1v) is 6.31. The zero-order valence-corrected chi connectivity index (χ0v) is 11.0. The molecule has 0 fully saturated rings. The Kier molecular flexibility index (Phi) is 6.56. The second-order valence-corrected chi connectivity index (χ2v) is 4.01. The van der Waals surface area contributed by atoms with Crippen LogP contribution in [0.4, 0.5) is 5.82 Å². The lowest BCUT2D eigenvalue weighted by Gasteiger charge is -2.17. The summed E-state index contributed by atoms with van der Waals surface area (Å²) in [5, 5.41) is 21.1. The van der Waals surface area contributed by atoms with Crippen molar-refractivity contribution >= 4 is 5.82 Å². The fourth-order valence-electron chi connectivity index (χ4n) is 1.67. The van der Waals surface area contributed by atoms with E-state index in [0.29, 0.717) is 5.82 Å². The zero-order valence-electron chi connectivity index (χ0n) is 11.0. The third-order valence-electron chi connectivity index (χ3n) is 2.80. The van der Waals surface area contributed by atoms with E-state index in [4.69, 9.17) is 10.2 Å². The SMILES string of the molecule is CCN(CC)CCCNc1cc(C(O)O)ncn1. The van der Waals surface area contributed by atoms with E-state index in [-0.39, 0.29) is 5.69 Å². The van der Waals surface area contributed by atoms with Crippen molar-refractivity contribution in [1.82, 2.24) is 14.9 Å². The van der Waals surface area contributed by atoms with Gasteiger partial charge in [0, 0.05) is 12.6 Å². The molecule has 0 spiro atoms. The molecule has 1 rings (SSSR count). The van der Waals surface area contributed by atoms with Gasteiger partial charge in [-0.05, 0) is 26.1 Å². The number of aromatic nitrogens is 2. The molecule has 1 aromatic rings. The van der Waals surface area contributed by atoms with E-state index in [9.17, 15) is 0 Å². The molecule has 0 atom stereocenters. The molecule has 6 nitrogen and oxygen atoms in total. The van der Waals surface area contributed by atoms with Crippen molar-refractivity contribution in [1.29, 1.82) is 0 Å². The van der Waals surface area contributed by atoms with Crippen LogP contribution in [0, 0.1) is 0 Å². The maximum atomic E-state index is 8.99. The summed E-state index contributed by atoms with van der Waals surface area (Å²) in [6.45, 7) is 8.26. The van der Waals surface area contributed by atoms with Crippen LogP contribution in [0.3, 0.4) is 0 Å². The van der Waals surface area contributed by atoms with Gasteiger partial charge in [0.25, 0.3) is 0 Å². The van der Waals surface area contributed by atoms with Gasteiger partial charge in [0.15, 0.2) is 6.29 Å². The number of hydrogen-bond donors (Lipinski definition) is 3. The number of aliphatic hydroxyl groups excluding tert-OH is 1. The molecule has 0 aromatic carbocycles. The maximum Gasteiger partial charge on any atom is 0.196 e. The van der Waals surface area contributed by atoms with E-state index in [0.717, 1.165) is 32.6 Å². The highest BCUT2D eigenvalue weighted by molar-refractivity contribution is 5.34. The van der Waals surface area contributed by atoms with Gasteiger partial charge in [0.2, 0.25) is 0 Å². The third-order valence-corrected chi connectivity index (χ3v) is 2.80. The summed E-state index contributed by atoms with van der Waals surface area (Å²) in [5.41, 5.74) is 0.205. The van der Waals surface area contributed by atoms with Gasteiger partial charge in [-0.1, -0.05) is 13.8 Å². The molecule has 0 radical (unpaired) electrons. The molecule has 3 N–H and O–H groups in total. The normalized spacial score (nSPS) is 11.2. The highest BCUT2D eigenvalue weighted by atomic mass is 16.5. The Morgan fingerprint density at radius 1 is 1.28 bits per heavy atom. The summed E-state index contributed by atoms with van der Waals surface area (Å²) >= 11 is 0. The van der Waals surface area contributed by atoms with Gasteiger partial charge in [0.05, 0.1) is 0 Å². The van der Waals surface area contributed by atoms with Crippen molar-refractivity contribution in [3.05, 3.63) is 18.1 Å². The predicted octanol–water partition coefficient (Wildman–Crippen LogP) is 0.604. The van der Waals surface area contributed by atoms with Crippen LogP contribution in [0.1, 0.15) is 32.3 Å². The number of rotatable bonds is 8. The van der Waals surface area contributed by atoms with Gasteiger partial charge >= 0.3 is 0 Å². The standard InChI is InChI=1S/C12H22N4O2/c1-3-16(4-2)7-5-6-13-11-8-10(12(17)18)14-9-15-11/h8-9,12,17-18H,3-7H2,1-2H3,(H,13,14,15). The first-order valence-electron chi connectivity index (χ1n) is 6.31. The number of nitrogens with zero attached hydrogens (tertiary/aromatic N) is 3. The minimum Gasteiger partial charge on any atom is -0.370 e. The van der Waals surface area contributed by atoms with Crippen LogP contribution >= 0.6 is 0 Å². The molecule has 102 valence electrons. The smallest absolute Gasteiger partial charge is 0.196 e.